The maximum atomic E-state index is 13.5. The third kappa shape index (κ3) is 4.00. The highest BCUT2D eigenvalue weighted by Gasteiger charge is 2.34. The predicted octanol–water partition coefficient (Wildman–Crippen LogP) is 5.62. The van der Waals surface area contributed by atoms with Gasteiger partial charge < -0.3 is 10.2 Å². The monoisotopic (exact) mass is 468 g/mol. The van der Waals surface area contributed by atoms with E-state index < -0.39 is 0 Å². The summed E-state index contributed by atoms with van der Waals surface area (Å²) in [4.78, 5) is 28.5. The number of aryl methyl sites for hydroxylation is 3. The molecule has 2 amide bonds. The Balaban J connectivity index is 1.93. The van der Waals surface area contributed by atoms with Gasteiger partial charge in [0.2, 0.25) is 5.91 Å². The molecule has 2 heterocycles. The molecule has 6 heteroatoms. The van der Waals surface area contributed by atoms with Crippen molar-refractivity contribution in [3.05, 3.63) is 85.0 Å². The van der Waals surface area contributed by atoms with E-state index in [1.165, 1.54) is 11.3 Å². The molecule has 0 unspecified atom stereocenters. The number of carbonyl (C=O) groups is 2. The number of benzene rings is 2. The lowest BCUT2D eigenvalue weighted by atomic mass is 9.92. The van der Waals surface area contributed by atoms with Gasteiger partial charge in [0.15, 0.2) is 0 Å². The molecule has 1 aromatic heterocycles. The lowest BCUT2D eigenvalue weighted by Gasteiger charge is -2.31. The Bertz CT molecular complexity index is 1100. The first-order valence-electron chi connectivity index (χ1n) is 9.37. The zero-order valence-electron chi connectivity index (χ0n) is 16.5. The number of nitrogens with one attached hydrogen (secondary N) is 1. The van der Waals surface area contributed by atoms with E-state index >= 15 is 0 Å². The first kappa shape index (κ1) is 19.9. The number of hydrogen-bond donors (Lipinski definition) is 1. The Morgan fingerprint density at radius 1 is 1.03 bits per heavy atom. The molecule has 2 aromatic carbocycles. The molecular formula is C23H21BrN2O2S. The van der Waals surface area contributed by atoms with Crippen LogP contribution in [0.4, 0.5) is 5.69 Å². The lowest BCUT2D eigenvalue weighted by Crippen LogP contribution is -2.38. The van der Waals surface area contributed by atoms with Crippen molar-refractivity contribution in [3.63, 3.8) is 0 Å². The molecule has 0 saturated heterocycles. The van der Waals surface area contributed by atoms with Crippen LogP contribution in [-0.2, 0) is 4.79 Å². The first-order valence-corrected chi connectivity index (χ1v) is 11.0. The number of hydrogen-bond acceptors (Lipinski definition) is 3. The van der Waals surface area contributed by atoms with Crippen molar-refractivity contribution in [1.82, 2.24) is 4.90 Å². The number of fused-ring (bicyclic) bond motifs is 1. The molecule has 0 spiro atoms. The van der Waals surface area contributed by atoms with Crippen LogP contribution in [0.5, 0.6) is 0 Å². The lowest BCUT2D eigenvalue weighted by molar-refractivity contribution is -0.117. The summed E-state index contributed by atoms with van der Waals surface area (Å²) in [6.45, 7) is 6.13. The second kappa shape index (κ2) is 7.76. The molecule has 3 aromatic rings. The molecular weight excluding hydrogens is 448 g/mol. The van der Waals surface area contributed by atoms with Crippen LogP contribution in [0, 0.1) is 20.8 Å². The number of nitrogens with zero attached hydrogens (tertiary/aromatic N) is 1. The molecule has 29 heavy (non-hydrogen) atoms. The summed E-state index contributed by atoms with van der Waals surface area (Å²) in [7, 11) is 0. The quantitative estimate of drug-likeness (QED) is 0.530. The van der Waals surface area contributed by atoms with Crippen molar-refractivity contribution < 1.29 is 9.59 Å². The maximum Gasteiger partial charge on any atom is 0.265 e. The molecule has 0 saturated carbocycles. The van der Waals surface area contributed by atoms with Gasteiger partial charge >= 0.3 is 0 Å². The second-order valence-electron chi connectivity index (χ2n) is 7.50. The molecule has 4 rings (SSSR count). The van der Waals surface area contributed by atoms with Gasteiger partial charge in [0.1, 0.15) is 6.54 Å². The fourth-order valence-electron chi connectivity index (χ4n) is 3.91. The van der Waals surface area contributed by atoms with E-state index in [9.17, 15) is 9.59 Å². The molecule has 1 aliphatic heterocycles. The second-order valence-corrected chi connectivity index (χ2v) is 9.96. The average molecular weight is 469 g/mol. The van der Waals surface area contributed by atoms with Crippen molar-refractivity contribution in [1.29, 1.82) is 0 Å². The number of amides is 2. The number of anilines is 1. The Morgan fingerprint density at radius 3 is 2.41 bits per heavy atom. The van der Waals surface area contributed by atoms with Gasteiger partial charge in [0.05, 0.1) is 14.7 Å². The maximum absolute atomic E-state index is 13.5. The van der Waals surface area contributed by atoms with E-state index in [2.05, 4.69) is 59.4 Å². The topological polar surface area (TPSA) is 49.4 Å². The SMILES string of the molecule is Cc1cc(C)cc([C@@H]2c3cc(C)ccc3NC(=O)CN2C(=O)c2ccc(Br)s2)c1. The molecule has 148 valence electrons. The highest BCUT2D eigenvalue weighted by Crippen LogP contribution is 2.38. The van der Waals surface area contributed by atoms with Crippen LogP contribution in [0.2, 0.25) is 0 Å². The van der Waals surface area contributed by atoms with Gasteiger partial charge in [-0.05, 0) is 60.5 Å². The number of thiophene rings is 1. The van der Waals surface area contributed by atoms with Crippen LogP contribution in [0.1, 0.15) is 43.5 Å². The first-order chi connectivity index (χ1) is 13.8. The van der Waals surface area contributed by atoms with E-state index in [-0.39, 0.29) is 24.4 Å². The highest BCUT2D eigenvalue weighted by atomic mass is 79.9. The third-order valence-corrected chi connectivity index (χ3v) is 6.62. The largest absolute Gasteiger partial charge is 0.324 e. The van der Waals surface area contributed by atoms with Gasteiger partial charge in [-0.3, -0.25) is 9.59 Å². The smallest absolute Gasteiger partial charge is 0.265 e. The normalized spacial score (nSPS) is 16.2. The van der Waals surface area contributed by atoms with Crippen LogP contribution in [-0.4, -0.2) is 23.3 Å². The van der Waals surface area contributed by atoms with Crippen molar-refractivity contribution >= 4 is 44.8 Å². The Hall–Kier alpha value is -2.44. The summed E-state index contributed by atoms with van der Waals surface area (Å²) in [5.41, 5.74) is 6.04. The molecule has 0 radical (unpaired) electrons. The molecule has 1 N–H and O–H groups in total. The Labute approximate surface area is 182 Å². The zero-order valence-corrected chi connectivity index (χ0v) is 18.9. The van der Waals surface area contributed by atoms with Gasteiger partial charge in [-0.25, -0.2) is 0 Å². The van der Waals surface area contributed by atoms with E-state index in [1.807, 2.05) is 25.1 Å². The highest BCUT2D eigenvalue weighted by molar-refractivity contribution is 9.11. The number of halogens is 1. The summed E-state index contributed by atoms with van der Waals surface area (Å²) in [5, 5.41) is 2.98. The van der Waals surface area contributed by atoms with Crippen LogP contribution in [0.25, 0.3) is 0 Å². The molecule has 0 aliphatic carbocycles. The van der Waals surface area contributed by atoms with Gasteiger partial charge in [-0.15, -0.1) is 11.3 Å². The fourth-order valence-corrected chi connectivity index (χ4v) is 5.26. The summed E-state index contributed by atoms with van der Waals surface area (Å²) in [5.74, 6) is -0.333. The summed E-state index contributed by atoms with van der Waals surface area (Å²) in [6.07, 6.45) is 0. The standard InChI is InChI=1S/C23H21BrN2O2S/c1-13-4-5-18-17(11-13)22(16-9-14(2)8-15(3)10-16)26(12-21(27)25-18)23(28)19-6-7-20(24)29-19/h4-11,22H,12H2,1-3H3,(H,25,27)/t22-/m1/s1. The molecule has 1 atom stereocenters. The minimum atomic E-state index is -0.351. The Morgan fingerprint density at radius 2 is 1.76 bits per heavy atom. The number of rotatable bonds is 2. The van der Waals surface area contributed by atoms with Crippen molar-refractivity contribution in [2.24, 2.45) is 0 Å². The van der Waals surface area contributed by atoms with Gasteiger partial charge in [-0.1, -0.05) is 47.0 Å². The van der Waals surface area contributed by atoms with E-state index in [0.717, 1.165) is 37.3 Å². The molecule has 0 bridgehead atoms. The minimum Gasteiger partial charge on any atom is -0.324 e. The Kier molecular flexibility index (Phi) is 5.32. The van der Waals surface area contributed by atoms with Crippen molar-refractivity contribution in [2.45, 2.75) is 26.8 Å². The molecule has 0 fully saturated rings. The zero-order chi connectivity index (χ0) is 20.7. The minimum absolute atomic E-state index is 0.000262. The van der Waals surface area contributed by atoms with Crippen LogP contribution >= 0.6 is 27.3 Å². The predicted molar refractivity (Wildman–Crippen MR) is 121 cm³/mol. The van der Waals surface area contributed by atoms with E-state index in [4.69, 9.17) is 0 Å². The summed E-state index contributed by atoms with van der Waals surface area (Å²) < 4.78 is 0.888. The van der Waals surface area contributed by atoms with Crippen LogP contribution < -0.4 is 5.32 Å². The van der Waals surface area contributed by atoms with Gasteiger partial charge in [-0.2, -0.15) is 0 Å². The van der Waals surface area contributed by atoms with Crippen molar-refractivity contribution in [2.75, 3.05) is 11.9 Å². The summed E-state index contributed by atoms with van der Waals surface area (Å²) >= 11 is 4.81. The average Bonchev–Trinajstić information content (AvgIpc) is 3.02. The summed E-state index contributed by atoms with van der Waals surface area (Å²) in [6, 6.07) is 15.6. The van der Waals surface area contributed by atoms with Crippen LogP contribution in [0.3, 0.4) is 0 Å². The molecule has 1 aliphatic rings. The molecule has 4 nitrogen and oxygen atoms in total. The van der Waals surface area contributed by atoms with Crippen LogP contribution in [0.15, 0.2) is 52.3 Å². The van der Waals surface area contributed by atoms with Gasteiger partial charge in [0.25, 0.3) is 5.91 Å². The fraction of sp³-hybridized carbons (Fsp3) is 0.217. The van der Waals surface area contributed by atoms with Crippen molar-refractivity contribution in [3.8, 4) is 0 Å². The third-order valence-electron chi connectivity index (χ3n) is 5.01. The van der Waals surface area contributed by atoms with Gasteiger partial charge in [0, 0.05) is 11.3 Å². The van der Waals surface area contributed by atoms with E-state index in [1.54, 1.807) is 11.0 Å². The van der Waals surface area contributed by atoms with E-state index in [0.29, 0.717) is 4.88 Å². The number of carbonyl (C=O) groups excluding carboxylic acids is 2.